The van der Waals surface area contributed by atoms with Crippen molar-refractivity contribution in [3.05, 3.63) is 53.6 Å². The number of halogens is 2. The van der Waals surface area contributed by atoms with Crippen LogP contribution in [0.5, 0.6) is 0 Å². The van der Waals surface area contributed by atoms with E-state index in [1.807, 2.05) is 42.3 Å². The van der Waals surface area contributed by atoms with Crippen molar-refractivity contribution in [2.75, 3.05) is 20.1 Å². The van der Waals surface area contributed by atoms with Crippen molar-refractivity contribution in [3.8, 4) is 0 Å². The Bertz CT molecular complexity index is 444. The third-order valence-corrected chi connectivity index (χ3v) is 2.88. The number of carbonyl (C=O) groups is 1. The fourth-order valence-electron chi connectivity index (χ4n) is 1.49. The van der Waals surface area contributed by atoms with Gasteiger partial charge in [0, 0.05) is 24.5 Å². The van der Waals surface area contributed by atoms with Crippen molar-refractivity contribution >= 4 is 35.9 Å². The monoisotopic (exact) mass is 299 g/mol. The van der Waals surface area contributed by atoms with Crippen LogP contribution >= 0.6 is 24.0 Å². The maximum absolute atomic E-state index is 11.7. The lowest BCUT2D eigenvalue weighted by Crippen LogP contribution is -2.21. The van der Waals surface area contributed by atoms with Gasteiger partial charge in [-0.1, -0.05) is 35.9 Å². The molecule has 0 atom stereocenters. The summed E-state index contributed by atoms with van der Waals surface area (Å²) in [5.41, 5.74) is 0.868. The van der Waals surface area contributed by atoms with Crippen LogP contribution in [0.2, 0.25) is 5.02 Å². The molecule has 0 fully saturated rings. The van der Waals surface area contributed by atoms with Gasteiger partial charge >= 0.3 is 0 Å². The van der Waals surface area contributed by atoms with Crippen molar-refractivity contribution in [1.29, 1.82) is 0 Å². The number of nitrogens with zero attached hydrogens (tertiary/aromatic N) is 1. The van der Waals surface area contributed by atoms with Crippen LogP contribution in [0, 0.1) is 0 Å². The lowest BCUT2D eigenvalue weighted by atomic mass is 10.1. The fraction of sp³-hybridized carbons (Fsp3) is 0.267. The molecule has 1 aromatic carbocycles. The summed E-state index contributed by atoms with van der Waals surface area (Å²) in [6, 6.07) is 7.46. The quantitative estimate of drug-likeness (QED) is 0.563. The van der Waals surface area contributed by atoms with E-state index in [9.17, 15) is 4.79 Å². The summed E-state index contributed by atoms with van der Waals surface area (Å²) in [4.78, 5) is 13.7. The van der Waals surface area contributed by atoms with E-state index in [0.29, 0.717) is 11.4 Å². The van der Waals surface area contributed by atoms with Gasteiger partial charge in [0.2, 0.25) is 0 Å². The first-order chi connectivity index (χ1) is 8.63. The smallest absolute Gasteiger partial charge is 0.156 e. The minimum Gasteiger partial charge on any atom is -0.302 e. The zero-order valence-corrected chi connectivity index (χ0v) is 12.6. The Morgan fingerprint density at radius 2 is 2.11 bits per heavy atom. The van der Waals surface area contributed by atoms with Gasteiger partial charge in [0.05, 0.1) is 0 Å². The molecule has 0 aliphatic rings. The van der Waals surface area contributed by atoms with Crippen molar-refractivity contribution in [1.82, 2.24) is 4.90 Å². The molecule has 0 saturated heterocycles. The van der Waals surface area contributed by atoms with Crippen molar-refractivity contribution in [2.45, 2.75) is 6.42 Å². The average molecular weight is 300 g/mol. The molecule has 0 radical (unpaired) electrons. The Kier molecular flexibility index (Phi) is 9.23. The number of rotatable bonds is 7. The second kappa shape index (κ2) is 9.79. The average Bonchev–Trinajstić information content (AvgIpc) is 2.36. The van der Waals surface area contributed by atoms with Gasteiger partial charge in [0.1, 0.15) is 0 Å². The highest BCUT2D eigenvalue weighted by Crippen LogP contribution is 2.16. The van der Waals surface area contributed by atoms with Crippen molar-refractivity contribution in [3.63, 3.8) is 0 Å². The van der Waals surface area contributed by atoms with E-state index in [4.69, 9.17) is 11.6 Å². The summed E-state index contributed by atoms with van der Waals surface area (Å²) in [5.74, 6) is 0.103. The summed E-state index contributed by atoms with van der Waals surface area (Å²) in [6.45, 7) is 5.19. The molecule has 0 aromatic heterocycles. The first-order valence-electron chi connectivity index (χ1n) is 5.88. The Morgan fingerprint density at radius 3 is 2.74 bits per heavy atom. The number of ketones is 1. The molecular weight excluding hydrogens is 281 g/mol. The molecule has 0 heterocycles. The number of likely N-dealkylation sites (N-methyl/N-ethyl adjacent to an activating group) is 1. The lowest BCUT2D eigenvalue weighted by molar-refractivity contribution is -0.114. The second-order valence-electron chi connectivity index (χ2n) is 4.12. The lowest BCUT2D eigenvalue weighted by Gasteiger charge is -2.12. The van der Waals surface area contributed by atoms with E-state index in [0.717, 1.165) is 18.7 Å². The highest BCUT2D eigenvalue weighted by molar-refractivity contribution is 6.32. The number of allylic oxidation sites excluding steroid dienone is 1. The minimum absolute atomic E-state index is 0. The second-order valence-corrected chi connectivity index (χ2v) is 4.53. The molecular formula is C15H19Cl2NO. The largest absolute Gasteiger partial charge is 0.302 e. The van der Waals surface area contributed by atoms with E-state index in [1.54, 1.807) is 12.2 Å². The van der Waals surface area contributed by atoms with Gasteiger partial charge in [-0.05, 0) is 30.8 Å². The van der Waals surface area contributed by atoms with Crippen LogP contribution in [-0.4, -0.2) is 30.8 Å². The van der Waals surface area contributed by atoms with Crippen LogP contribution in [0.15, 0.2) is 43.0 Å². The van der Waals surface area contributed by atoms with Crippen LogP contribution in [0.3, 0.4) is 0 Å². The number of hydrogen-bond acceptors (Lipinski definition) is 2. The third-order valence-electron chi connectivity index (χ3n) is 2.53. The maximum Gasteiger partial charge on any atom is 0.156 e. The van der Waals surface area contributed by atoms with Gasteiger partial charge in [0.25, 0.3) is 0 Å². The fourth-order valence-corrected chi connectivity index (χ4v) is 1.69. The van der Waals surface area contributed by atoms with E-state index < -0.39 is 0 Å². The SMILES string of the molecule is C=CCN(C)CCC(=O)/C=C/c1ccccc1Cl.Cl. The molecule has 0 saturated carbocycles. The van der Waals surface area contributed by atoms with E-state index in [2.05, 4.69) is 6.58 Å². The Morgan fingerprint density at radius 1 is 1.42 bits per heavy atom. The molecule has 0 spiro atoms. The predicted octanol–water partition coefficient (Wildman–Crippen LogP) is 3.85. The number of benzene rings is 1. The summed E-state index contributed by atoms with van der Waals surface area (Å²) >= 11 is 5.99. The normalized spacial score (nSPS) is 10.5. The summed E-state index contributed by atoms with van der Waals surface area (Å²) in [6.07, 6.45) is 5.68. The Hall–Kier alpha value is -1.09. The van der Waals surface area contributed by atoms with Crippen LogP contribution in [0.4, 0.5) is 0 Å². The van der Waals surface area contributed by atoms with Gasteiger partial charge in [-0.3, -0.25) is 4.79 Å². The summed E-state index contributed by atoms with van der Waals surface area (Å²) in [7, 11) is 1.97. The number of carbonyl (C=O) groups excluding carboxylic acids is 1. The Balaban J connectivity index is 0.00000324. The first kappa shape index (κ1) is 17.9. The molecule has 19 heavy (non-hydrogen) atoms. The molecule has 0 N–H and O–H groups in total. The molecule has 0 aliphatic carbocycles. The van der Waals surface area contributed by atoms with E-state index >= 15 is 0 Å². The Labute approximate surface area is 126 Å². The predicted molar refractivity (Wildman–Crippen MR) is 85.1 cm³/mol. The first-order valence-corrected chi connectivity index (χ1v) is 6.26. The van der Waals surface area contributed by atoms with Crippen LogP contribution < -0.4 is 0 Å². The molecule has 4 heteroatoms. The molecule has 2 nitrogen and oxygen atoms in total. The van der Waals surface area contributed by atoms with Gasteiger partial charge in [-0.15, -0.1) is 19.0 Å². The minimum atomic E-state index is 0. The highest BCUT2D eigenvalue weighted by Gasteiger charge is 2.01. The van der Waals surface area contributed by atoms with Crippen molar-refractivity contribution < 1.29 is 4.79 Å². The summed E-state index contributed by atoms with van der Waals surface area (Å²) in [5, 5.41) is 0.658. The van der Waals surface area contributed by atoms with E-state index in [-0.39, 0.29) is 18.2 Å². The van der Waals surface area contributed by atoms with Gasteiger partial charge in [0.15, 0.2) is 5.78 Å². The van der Waals surface area contributed by atoms with Crippen LogP contribution in [0.1, 0.15) is 12.0 Å². The zero-order chi connectivity index (χ0) is 13.4. The van der Waals surface area contributed by atoms with Gasteiger partial charge in [-0.2, -0.15) is 0 Å². The highest BCUT2D eigenvalue weighted by atomic mass is 35.5. The van der Waals surface area contributed by atoms with Gasteiger partial charge in [-0.25, -0.2) is 0 Å². The summed E-state index contributed by atoms with van der Waals surface area (Å²) < 4.78 is 0. The van der Waals surface area contributed by atoms with Crippen LogP contribution in [0.25, 0.3) is 6.08 Å². The molecule has 0 unspecified atom stereocenters. The third kappa shape index (κ3) is 7.16. The standard InChI is InChI=1S/C15H18ClNO.ClH/c1-3-11-17(2)12-10-14(18)9-8-13-6-4-5-7-15(13)16;/h3-9H,1,10-12H2,2H3;1H/b9-8+;. The molecule has 0 bridgehead atoms. The molecule has 1 rings (SSSR count). The number of hydrogen-bond donors (Lipinski definition) is 0. The molecule has 0 aliphatic heterocycles. The van der Waals surface area contributed by atoms with Crippen LogP contribution in [-0.2, 0) is 4.79 Å². The molecule has 104 valence electrons. The topological polar surface area (TPSA) is 20.3 Å². The zero-order valence-electron chi connectivity index (χ0n) is 11.0. The van der Waals surface area contributed by atoms with E-state index in [1.165, 1.54) is 0 Å². The van der Waals surface area contributed by atoms with Gasteiger partial charge < -0.3 is 4.90 Å². The molecule has 0 amide bonds. The maximum atomic E-state index is 11.7. The van der Waals surface area contributed by atoms with Crippen molar-refractivity contribution in [2.24, 2.45) is 0 Å². The molecule has 1 aromatic rings.